The minimum atomic E-state index is -0.313. The molecule has 4 nitrogen and oxygen atoms in total. The van der Waals surface area contributed by atoms with Crippen LogP contribution in [0.25, 0.3) is 0 Å². The quantitative estimate of drug-likeness (QED) is 0.834. The van der Waals surface area contributed by atoms with Crippen molar-refractivity contribution in [2.24, 2.45) is 0 Å². The molecule has 0 heterocycles. The zero-order chi connectivity index (χ0) is 17.5. The van der Waals surface area contributed by atoms with Crippen LogP contribution in [-0.4, -0.2) is 22.8 Å². The van der Waals surface area contributed by atoms with E-state index >= 15 is 0 Å². The maximum absolute atomic E-state index is 12.3. The fourth-order valence-electron chi connectivity index (χ4n) is 2.18. The molecule has 0 fully saturated rings. The molecule has 0 spiro atoms. The molecular formula is C19H22N2O2S. The average Bonchev–Trinajstić information content (AvgIpc) is 2.56. The number of nitrogens with one attached hydrogen (secondary N) is 2. The first-order valence-corrected chi connectivity index (χ1v) is 8.85. The number of carbonyl (C=O) groups excluding carboxylic acids is 2. The summed E-state index contributed by atoms with van der Waals surface area (Å²) in [5.41, 5.74) is 3.76. The smallest absolute Gasteiger partial charge is 0.237 e. The van der Waals surface area contributed by atoms with Gasteiger partial charge in [0.25, 0.3) is 0 Å². The van der Waals surface area contributed by atoms with E-state index in [1.54, 1.807) is 6.92 Å². The van der Waals surface area contributed by atoms with E-state index in [1.807, 2.05) is 62.4 Å². The van der Waals surface area contributed by atoms with Crippen LogP contribution in [0.5, 0.6) is 0 Å². The summed E-state index contributed by atoms with van der Waals surface area (Å²) < 4.78 is 0. The summed E-state index contributed by atoms with van der Waals surface area (Å²) in [7, 11) is 0. The Morgan fingerprint density at radius 1 is 1.04 bits per heavy atom. The third-order valence-corrected chi connectivity index (χ3v) is 4.67. The number of benzene rings is 2. The number of rotatable bonds is 6. The molecule has 1 unspecified atom stereocenters. The Morgan fingerprint density at radius 2 is 1.75 bits per heavy atom. The minimum Gasteiger partial charge on any atom is -0.325 e. The van der Waals surface area contributed by atoms with Crippen molar-refractivity contribution in [2.45, 2.75) is 26.0 Å². The normalized spacial score (nSPS) is 11.6. The maximum atomic E-state index is 12.3. The molecule has 0 saturated heterocycles. The van der Waals surface area contributed by atoms with Crippen LogP contribution in [0.3, 0.4) is 0 Å². The zero-order valence-corrected chi connectivity index (χ0v) is 14.9. The van der Waals surface area contributed by atoms with Crippen molar-refractivity contribution in [2.75, 3.05) is 16.4 Å². The minimum absolute atomic E-state index is 0.0977. The highest BCUT2D eigenvalue weighted by atomic mass is 32.2. The van der Waals surface area contributed by atoms with Crippen LogP contribution in [0.1, 0.15) is 18.1 Å². The Morgan fingerprint density at radius 3 is 2.42 bits per heavy atom. The molecule has 0 aliphatic carbocycles. The molecule has 0 saturated carbocycles. The van der Waals surface area contributed by atoms with Gasteiger partial charge >= 0.3 is 0 Å². The van der Waals surface area contributed by atoms with Gasteiger partial charge in [0.1, 0.15) is 0 Å². The number of carbonyl (C=O) groups is 2. The van der Waals surface area contributed by atoms with Crippen LogP contribution < -0.4 is 10.6 Å². The van der Waals surface area contributed by atoms with Crippen LogP contribution in [0.15, 0.2) is 48.5 Å². The van der Waals surface area contributed by atoms with E-state index < -0.39 is 0 Å². The molecule has 0 aromatic heterocycles. The van der Waals surface area contributed by atoms with Gasteiger partial charge in [-0.3, -0.25) is 9.59 Å². The van der Waals surface area contributed by atoms with Gasteiger partial charge in [0.2, 0.25) is 11.8 Å². The molecule has 2 amide bonds. The first-order valence-electron chi connectivity index (χ1n) is 7.80. The molecular weight excluding hydrogens is 320 g/mol. The second-order valence-electron chi connectivity index (χ2n) is 5.68. The summed E-state index contributed by atoms with van der Waals surface area (Å²) in [5, 5.41) is 5.42. The Balaban J connectivity index is 1.82. The van der Waals surface area contributed by atoms with Crippen LogP contribution in [0.2, 0.25) is 0 Å². The summed E-state index contributed by atoms with van der Waals surface area (Å²) >= 11 is 1.32. The lowest BCUT2D eigenvalue weighted by Gasteiger charge is -2.14. The third kappa shape index (κ3) is 5.42. The maximum Gasteiger partial charge on any atom is 0.237 e. The number of aryl methyl sites for hydroxylation is 2. The highest BCUT2D eigenvalue weighted by Crippen LogP contribution is 2.19. The van der Waals surface area contributed by atoms with Crippen LogP contribution in [0, 0.1) is 13.8 Å². The molecule has 0 bridgehead atoms. The van der Waals surface area contributed by atoms with Crippen LogP contribution in [0.4, 0.5) is 11.4 Å². The summed E-state index contributed by atoms with van der Waals surface area (Å²) in [6.07, 6.45) is 0. The number of para-hydroxylation sites is 1. The van der Waals surface area contributed by atoms with Gasteiger partial charge in [-0.1, -0.05) is 35.9 Å². The van der Waals surface area contributed by atoms with E-state index in [2.05, 4.69) is 10.6 Å². The van der Waals surface area contributed by atoms with Gasteiger partial charge in [0, 0.05) is 11.4 Å². The van der Waals surface area contributed by atoms with Crippen molar-refractivity contribution in [3.63, 3.8) is 0 Å². The van der Waals surface area contributed by atoms with E-state index in [-0.39, 0.29) is 22.8 Å². The fourth-order valence-corrected chi connectivity index (χ4v) is 2.87. The van der Waals surface area contributed by atoms with Crippen molar-refractivity contribution in [3.05, 3.63) is 59.7 Å². The molecule has 24 heavy (non-hydrogen) atoms. The fraction of sp³-hybridized carbons (Fsp3) is 0.263. The highest BCUT2D eigenvalue weighted by Gasteiger charge is 2.16. The lowest BCUT2D eigenvalue weighted by molar-refractivity contribution is -0.115. The molecule has 2 N–H and O–H groups in total. The van der Waals surface area contributed by atoms with Gasteiger partial charge in [0.15, 0.2) is 0 Å². The molecule has 5 heteroatoms. The number of amides is 2. The Kier molecular flexibility index (Phi) is 6.44. The zero-order valence-electron chi connectivity index (χ0n) is 14.1. The van der Waals surface area contributed by atoms with Gasteiger partial charge in [-0.25, -0.2) is 0 Å². The second kappa shape index (κ2) is 8.55. The van der Waals surface area contributed by atoms with Crippen LogP contribution in [-0.2, 0) is 9.59 Å². The van der Waals surface area contributed by atoms with E-state index in [0.717, 1.165) is 22.5 Å². The SMILES string of the molecule is Cc1ccc(NC(=O)C(C)SCC(=O)Nc2ccccc2)c(C)c1. The highest BCUT2D eigenvalue weighted by molar-refractivity contribution is 8.01. The van der Waals surface area contributed by atoms with E-state index in [4.69, 9.17) is 0 Å². The molecule has 2 rings (SSSR count). The molecule has 2 aromatic carbocycles. The second-order valence-corrected chi connectivity index (χ2v) is 7.00. The standard InChI is InChI=1S/C19H22N2O2S/c1-13-9-10-17(14(2)11-13)21-19(23)15(3)24-12-18(22)20-16-7-5-4-6-8-16/h4-11,15H,12H2,1-3H3,(H,20,22)(H,21,23). The largest absolute Gasteiger partial charge is 0.325 e. The molecule has 0 aliphatic rings. The topological polar surface area (TPSA) is 58.2 Å². The van der Waals surface area contributed by atoms with Crippen molar-refractivity contribution in [1.82, 2.24) is 0 Å². The van der Waals surface area contributed by atoms with Crippen molar-refractivity contribution in [1.29, 1.82) is 0 Å². The lowest BCUT2D eigenvalue weighted by Crippen LogP contribution is -2.25. The van der Waals surface area contributed by atoms with Gasteiger partial charge in [-0.05, 0) is 44.5 Å². The molecule has 0 radical (unpaired) electrons. The summed E-state index contributed by atoms with van der Waals surface area (Å²) in [6.45, 7) is 5.79. The Bertz CT molecular complexity index is 717. The monoisotopic (exact) mass is 342 g/mol. The van der Waals surface area contributed by atoms with Crippen molar-refractivity contribution in [3.8, 4) is 0 Å². The molecule has 2 aromatic rings. The first kappa shape index (κ1) is 18.1. The van der Waals surface area contributed by atoms with Crippen molar-refractivity contribution < 1.29 is 9.59 Å². The van der Waals surface area contributed by atoms with Gasteiger partial charge in [-0.15, -0.1) is 11.8 Å². The summed E-state index contributed by atoms with van der Waals surface area (Å²) in [4.78, 5) is 24.2. The molecule has 0 aliphatic heterocycles. The Labute approximate surface area is 147 Å². The number of hydrogen-bond acceptors (Lipinski definition) is 3. The van der Waals surface area contributed by atoms with Gasteiger partial charge < -0.3 is 10.6 Å². The van der Waals surface area contributed by atoms with E-state index in [1.165, 1.54) is 11.8 Å². The van der Waals surface area contributed by atoms with E-state index in [0.29, 0.717) is 0 Å². The van der Waals surface area contributed by atoms with Gasteiger partial charge in [0.05, 0.1) is 11.0 Å². The van der Waals surface area contributed by atoms with E-state index in [9.17, 15) is 9.59 Å². The third-order valence-electron chi connectivity index (χ3n) is 3.53. The first-order chi connectivity index (χ1) is 11.5. The number of hydrogen-bond donors (Lipinski definition) is 2. The van der Waals surface area contributed by atoms with Crippen molar-refractivity contribution >= 4 is 35.0 Å². The predicted octanol–water partition coefficient (Wildman–Crippen LogP) is 4.00. The number of thioether (sulfide) groups is 1. The molecule has 1 atom stereocenters. The molecule has 126 valence electrons. The average molecular weight is 342 g/mol. The lowest BCUT2D eigenvalue weighted by atomic mass is 10.1. The number of anilines is 2. The van der Waals surface area contributed by atoms with Crippen LogP contribution >= 0.6 is 11.8 Å². The predicted molar refractivity (Wildman–Crippen MR) is 102 cm³/mol. The van der Waals surface area contributed by atoms with Gasteiger partial charge in [-0.2, -0.15) is 0 Å². The summed E-state index contributed by atoms with van der Waals surface area (Å²) in [6, 6.07) is 15.2. The summed E-state index contributed by atoms with van der Waals surface area (Å²) in [5.74, 6) is 0.0212. The Hall–Kier alpha value is -2.27.